The molecule has 1 aromatic heterocycles. The Morgan fingerprint density at radius 1 is 1.10 bits per heavy atom. The number of aromatic nitrogens is 2. The summed E-state index contributed by atoms with van der Waals surface area (Å²) < 4.78 is 35.6. The Morgan fingerprint density at radius 3 is 2.51 bits per heavy atom. The van der Waals surface area contributed by atoms with Gasteiger partial charge in [-0.1, -0.05) is 42.5 Å². The molecule has 1 heterocycles. The zero-order valence-corrected chi connectivity index (χ0v) is 22.0. The highest BCUT2D eigenvalue weighted by Crippen LogP contribution is 2.27. The summed E-state index contributed by atoms with van der Waals surface area (Å²) in [7, 11) is 0. The Morgan fingerprint density at radius 2 is 1.85 bits per heavy atom. The third-order valence-corrected chi connectivity index (χ3v) is 6.57. The summed E-state index contributed by atoms with van der Waals surface area (Å²) in [5.74, 6) is -2.13. The lowest BCUT2D eigenvalue weighted by Crippen LogP contribution is -2.38. The average Bonchev–Trinajstić information content (AvgIpc) is 3.32. The Kier molecular flexibility index (Phi) is 8.98. The van der Waals surface area contributed by atoms with E-state index in [0.717, 1.165) is 5.56 Å². The van der Waals surface area contributed by atoms with Crippen LogP contribution in [0.1, 0.15) is 38.9 Å². The molecule has 0 unspecified atom stereocenters. The maximum absolute atomic E-state index is 15.3. The third kappa shape index (κ3) is 6.64. The van der Waals surface area contributed by atoms with Crippen LogP contribution in [0, 0.1) is 11.6 Å². The van der Waals surface area contributed by atoms with Crippen molar-refractivity contribution in [2.45, 2.75) is 25.9 Å². The van der Waals surface area contributed by atoms with Gasteiger partial charge in [0.1, 0.15) is 17.3 Å². The fourth-order valence-electron chi connectivity index (χ4n) is 4.20. The minimum Gasteiger partial charge on any atom is -0.478 e. The number of carbonyl (C=O) groups is 2. The first kappa shape index (κ1) is 27.8. The van der Waals surface area contributed by atoms with E-state index in [1.165, 1.54) is 35.0 Å². The summed E-state index contributed by atoms with van der Waals surface area (Å²) in [5.41, 5.74) is 2.15. The molecule has 7 nitrogen and oxygen atoms in total. The SMILES string of the molecule is CCOc1ncc(C(=O)N[C@@H](CS)Cc2ccc(F)cc2)n1Cc1ccc(-c2ccccc2C(=O)O)cc1F. The van der Waals surface area contributed by atoms with E-state index in [-0.39, 0.29) is 47.8 Å². The van der Waals surface area contributed by atoms with E-state index in [0.29, 0.717) is 23.3 Å². The number of carbonyl (C=O) groups excluding carboxylic acids is 1. The number of ether oxygens (including phenoxy) is 1. The van der Waals surface area contributed by atoms with Gasteiger partial charge >= 0.3 is 5.97 Å². The van der Waals surface area contributed by atoms with Crippen molar-refractivity contribution in [3.63, 3.8) is 0 Å². The van der Waals surface area contributed by atoms with Crippen LogP contribution in [0.2, 0.25) is 0 Å². The van der Waals surface area contributed by atoms with E-state index in [1.54, 1.807) is 49.4 Å². The van der Waals surface area contributed by atoms with Crippen molar-refractivity contribution in [1.29, 1.82) is 0 Å². The van der Waals surface area contributed by atoms with E-state index in [4.69, 9.17) is 4.74 Å². The van der Waals surface area contributed by atoms with Gasteiger partial charge in [-0.3, -0.25) is 9.36 Å². The summed E-state index contributed by atoms with van der Waals surface area (Å²) in [6.07, 6.45) is 1.80. The molecule has 202 valence electrons. The number of thiol groups is 1. The van der Waals surface area contributed by atoms with Gasteiger partial charge in [0.25, 0.3) is 11.9 Å². The Bertz CT molecular complexity index is 1470. The first-order valence-electron chi connectivity index (χ1n) is 12.3. The predicted molar refractivity (Wildman–Crippen MR) is 147 cm³/mol. The number of rotatable bonds is 11. The molecule has 1 atom stereocenters. The second kappa shape index (κ2) is 12.6. The number of hydrogen-bond donors (Lipinski definition) is 3. The van der Waals surface area contributed by atoms with Gasteiger partial charge in [0.05, 0.1) is 24.9 Å². The minimum absolute atomic E-state index is 0.0473. The summed E-state index contributed by atoms with van der Waals surface area (Å²) in [6, 6.07) is 16.6. The van der Waals surface area contributed by atoms with Crippen molar-refractivity contribution < 1.29 is 28.2 Å². The first-order chi connectivity index (χ1) is 18.8. The van der Waals surface area contributed by atoms with E-state index < -0.39 is 17.7 Å². The van der Waals surface area contributed by atoms with Crippen molar-refractivity contribution >= 4 is 24.5 Å². The van der Waals surface area contributed by atoms with Crippen molar-refractivity contribution in [3.8, 4) is 17.1 Å². The fraction of sp³-hybridized carbons (Fsp3) is 0.207. The second-order valence-corrected chi connectivity index (χ2v) is 9.15. The number of amides is 1. The number of nitrogens with zero attached hydrogens (tertiary/aromatic N) is 2. The Hall–Kier alpha value is -4.18. The summed E-state index contributed by atoms with van der Waals surface area (Å²) >= 11 is 4.35. The molecular weight excluding hydrogens is 524 g/mol. The van der Waals surface area contributed by atoms with Crippen molar-refractivity contribution in [2.75, 3.05) is 12.4 Å². The monoisotopic (exact) mass is 551 g/mol. The van der Waals surface area contributed by atoms with E-state index in [9.17, 15) is 19.1 Å². The van der Waals surface area contributed by atoms with E-state index in [2.05, 4.69) is 22.9 Å². The molecule has 0 bridgehead atoms. The molecule has 0 aliphatic carbocycles. The van der Waals surface area contributed by atoms with Crippen molar-refractivity contribution in [1.82, 2.24) is 14.9 Å². The molecule has 0 fully saturated rings. The summed E-state index contributed by atoms with van der Waals surface area (Å²) in [6.45, 7) is 2.01. The lowest BCUT2D eigenvalue weighted by molar-refractivity contribution is 0.0697. The maximum atomic E-state index is 15.3. The average molecular weight is 552 g/mol. The van der Waals surface area contributed by atoms with Crippen LogP contribution >= 0.6 is 12.6 Å². The van der Waals surface area contributed by atoms with Gasteiger partial charge in [-0.2, -0.15) is 12.6 Å². The van der Waals surface area contributed by atoms with Crippen molar-refractivity contribution in [2.24, 2.45) is 0 Å². The van der Waals surface area contributed by atoms with Crippen LogP contribution in [0.5, 0.6) is 6.01 Å². The van der Waals surface area contributed by atoms with Crippen molar-refractivity contribution in [3.05, 3.63) is 107 Å². The number of aromatic carboxylic acids is 1. The zero-order chi connectivity index (χ0) is 27.9. The number of hydrogen-bond acceptors (Lipinski definition) is 5. The molecule has 4 rings (SSSR count). The number of nitrogens with one attached hydrogen (secondary N) is 1. The highest BCUT2D eigenvalue weighted by atomic mass is 32.1. The van der Waals surface area contributed by atoms with Gasteiger partial charge in [-0.25, -0.2) is 18.6 Å². The molecule has 0 saturated carbocycles. The van der Waals surface area contributed by atoms with Crippen LogP contribution in [-0.4, -0.2) is 44.9 Å². The second-order valence-electron chi connectivity index (χ2n) is 8.79. The Labute approximate surface area is 229 Å². The number of carboxylic acids is 1. The molecule has 0 aliphatic rings. The topological polar surface area (TPSA) is 93.5 Å². The molecule has 4 aromatic rings. The van der Waals surface area contributed by atoms with Gasteiger partial charge in [0.15, 0.2) is 0 Å². The van der Waals surface area contributed by atoms with Crippen LogP contribution in [0.4, 0.5) is 8.78 Å². The summed E-state index contributed by atoms with van der Waals surface area (Å²) in [5, 5.41) is 12.4. The molecule has 0 spiro atoms. The largest absolute Gasteiger partial charge is 0.478 e. The molecule has 10 heteroatoms. The van der Waals surface area contributed by atoms with Crippen LogP contribution in [0.15, 0.2) is 72.9 Å². The van der Waals surface area contributed by atoms with Gasteiger partial charge < -0.3 is 15.2 Å². The smallest absolute Gasteiger partial charge is 0.336 e. The highest BCUT2D eigenvalue weighted by Gasteiger charge is 2.22. The zero-order valence-electron chi connectivity index (χ0n) is 21.1. The van der Waals surface area contributed by atoms with Gasteiger partial charge in [-0.15, -0.1) is 0 Å². The molecule has 2 N–H and O–H groups in total. The molecule has 1 amide bonds. The van der Waals surface area contributed by atoms with Crippen LogP contribution < -0.4 is 10.1 Å². The normalized spacial score (nSPS) is 11.7. The number of carboxylic acid groups (broad SMARTS) is 1. The molecular formula is C29H27F2N3O4S. The van der Waals surface area contributed by atoms with Gasteiger partial charge in [0, 0.05) is 17.4 Å². The lowest BCUT2D eigenvalue weighted by Gasteiger charge is -2.18. The van der Waals surface area contributed by atoms with Gasteiger partial charge in [0.2, 0.25) is 0 Å². The molecule has 0 radical (unpaired) electrons. The number of imidazole rings is 1. The molecule has 0 saturated heterocycles. The van der Waals surface area contributed by atoms with Crippen LogP contribution in [0.25, 0.3) is 11.1 Å². The quantitative estimate of drug-likeness (QED) is 0.222. The lowest BCUT2D eigenvalue weighted by atomic mass is 9.98. The molecule has 0 aliphatic heterocycles. The predicted octanol–water partition coefficient (Wildman–Crippen LogP) is 5.24. The fourth-order valence-corrected chi connectivity index (χ4v) is 4.42. The van der Waals surface area contributed by atoms with E-state index in [1.807, 2.05) is 0 Å². The third-order valence-electron chi connectivity index (χ3n) is 6.13. The summed E-state index contributed by atoms with van der Waals surface area (Å²) in [4.78, 5) is 29.0. The minimum atomic E-state index is -1.11. The van der Waals surface area contributed by atoms with E-state index >= 15 is 4.39 Å². The maximum Gasteiger partial charge on any atom is 0.336 e. The number of benzene rings is 3. The Balaban J connectivity index is 1.58. The number of halogens is 2. The first-order valence-corrected chi connectivity index (χ1v) is 12.9. The van der Waals surface area contributed by atoms with Gasteiger partial charge in [-0.05, 0) is 54.3 Å². The van der Waals surface area contributed by atoms with Crippen LogP contribution in [-0.2, 0) is 13.0 Å². The standard InChI is InChI=1S/C29H27F2N3O4S/c1-2-38-29-32-15-26(27(35)33-22(17-39)13-18-7-11-21(30)12-8-18)34(29)16-20-10-9-19(14-25(20)31)23-5-3-4-6-24(23)28(36)37/h3-12,14-15,22,39H,2,13,16-17H2,1H3,(H,33,35)(H,36,37)/t22-/m1/s1. The van der Waals surface area contributed by atoms with Crippen LogP contribution in [0.3, 0.4) is 0 Å². The molecule has 3 aromatic carbocycles. The highest BCUT2D eigenvalue weighted by molar-refractivity contribution is 7.80. The molecule has 39 heavy (non-hydrogen) atoms.